The zero-order chi connectivity index (χ0) is 26.6. The van der Waals surface area contributed by atoms with Crippen molar-refractivity contribution in [1.82, 2.24) is 14.5 Å². The normalized spacial score (nSPS) is 17.9. The molecular formula is C28H34ClN5O4. The van der Waals surface area contributed by atoms with Crippen LogP contribution in [0, 0.1) is 11.8 Å². The minimum atomic E-state index is -0.235. The summed E-state index contributed by atoms with van der Waals surface area (Å²) >= 11 is 6.46. The van der Waals surface area contributed by atoms with Crippen LogP contribution in [0.25, 0.3) is 10.9 Å². The maximum absolute atomic E-state index is 13.3. The Morgan fingerprint density at radius 1 is 1.29 bits per heavy atom. The average molecular weight is 540 g/mol. The number of aryl methyl sites for hydroxylation is 1. The molecule has 1 unspecified atom stereocenters. The molecule has 9 nitrogen and oxygen atoms in total. The molecule has 202 valence electrons. The number of nitrogens with zero attached hydrogens (tertiary/aromatic N) is 4. The molecular weight excluding hydrogens is 506 g/mol. The van der Waals surface area contributed by atoms with Crippen molar-refractivity contribution in [2.75, 3.05) is 43.1 Å². The quantitative estimate of drug-likeness (QED) is 0.391. The Labute approximate surface area is 227 Å². The van der Waals surface area contributed by atoms with Gasteiger partial charge in [0.25, 0.3) is 5.56 Å². The number of ketones is 1. The first kappa shape index (κ1) is 26.4. The minimum Gasteiger partial charge on any atom is -0.480 e. The summed E-state index contributed by atoms with van der Waals surface area (Å²) in [4.78, 5) is 36.5. The third-order valence-corrected chi connectivity index (χ3v) is 7.52. The van der Waals surface area contributed by atoms with Crippen LogP contribution >= 0.6 is 11.6 Å². The maximum Gasteiger partial charge on any atom is 0.293 e. The summed E-state index contributed by atoms with van der Waals surface area (Å²) in [6.45, 7) is 7.73. The highest BCUT2D eigenvalue weighted by atomic mass is 35.5. The fraction of sp³-hybridized carbons (Fsp3) is 0.500. The Kier molecular flexibility index (Phi) is 8.14. The highest BCUT2D eigenvalue weighted by Crippen LogP contribution is 2.29. The molecule has 0 bridgehead atoms. The summed E-state index contributed by atoms with van der Waals surface area (Å²) in [5.41, 5.74) is 1.33. The van der Waals surface area contributed by atoms with E-state index >= 15 is 0 Å². The van der Waals surface area contributed by atoms with Gasteiger partial charge in [0.05, 0.1) is 24.9 Å². The molecule has 0 spiro atoms. The van der Waals surface area contributed by atoms with Crippen LogP contribution in [0.2, 0.25) is 5.02 Å². The van der Waals surface area contributed by atoms with Crippen molar-refractivity contribution in [2.24, 2.45) is 11.8 Å². The number of Topliss-reactive ketones (excluding diaryl/α,β-unsaturated/α-hetero) is 1. The van der Waals surface area contributed by atoms with Gasteiger partial charge in [0.15, 0.2) is 17.4 Å². The van der Waals surface area contributed by atoms with E-state index in [2.05, 4.69) is 22.1 Å². The summed E-state index contributed by atoms with van der Waals surface area (Å²) in [6, 6.07) is 7.47. The fourth-order valence-electron chi connectivity index (χ4n) is 4.89. The van der Waals surface area contributed by atoms with E-state index < -0.39 is 0 Å². The Balaban J connectivity index is 1.45. The van der Waals surface area contributed by atoms with Gasteiger partial charge in [0.1, 0.15) is 11.6 Å². The van der Waals surface area contributed by atoms with Gasteiger partial charge < -0.3 is 24.3 Å². The Morgan fingerprint density at radius 2 is 2.13 bits per heavy atom. The number of aromatic nitrogens is 3. The molecule has 1 aromatic carbocycles. The summed E-state index contributed by atoms with van der Waals surface area (Å²) < 4.78 is 12.7. The molecule has 38 heavy (non-hydrogen) atoms. The van der Waals surface area contributed by atoms with Crippen LogP contribution in [0.4, 0.5) is 17.5 Å². The molecule has 5 rings (SSSR count). The highest BCUT2D eigenvalue weighted by Gasteiger charge is 2.21. The topological polar surface area (TPSA) is 98.6 Å². The van der Waals surface area contributed by atoms with Gasteiger partial charge in [0.2, 0.25) is 5.95 Å². The van der Waals surface area contributed by atoms with Gasteiger partial charge in [0, 0.05) is 43.0 Å². The van der Waals surface area contributed by atoms with Gasteiger partial charge >= 0.3 is 0 Å². The van der Waals surface area contributed by atoms with Crippen molar-refractivity contribution in [3.63, 3.8) is 0 Å². The molecule has 1 N–H and O–H groups in total. The van der Waals surface area contributed by atoms with E-state index in [4.69, 9.17) is 26.1 Å². The van der Waals surface area contributed by atoms with Gasteiger partial charge in [-0.25, -0.2) is 4.98 Å². The summed E-state index contributed by atoms with van der Waals surface area (Å²) in [6.07, 6.45) is 5.15. The number of hydrogen-bond donors (Lipinski definition) is 1. The second-order valence-electron chi connectivity index (χ2n) is 10.3. The summed E-state index contributed by atoms with van der Waals surface area (Å²) in [7, 11) is 0. The summed E-state index contributed by atoms with van der Waals surface area (Å²) in [5.74, 6) is 2.34. The van der Waals surface area contributed by atoms with Gasteiger partial charge in [-0.3, -0.25) is 9.59 Å². The summed E-state index contributed by atoms with van der Waals surface area (Å²) in [5, 5.41) is 4.57. The number of carbonyl (C=O) groups excluding carboxylic acids is 1. The number of rotatable bonds is 10. The first-order chi connectivity index (χ1) is 18.4. The number of hydrogen-bond acceptors (Lipinski definition) is 8. The third-order valence-electron chi connectivity index (χ3n) is 7.25. The Bertz CT molecular complexity index is 1370. The van der Waals surface area contributed by atoms with Crippen LogP contribution in [0.1, 0.15) is 39.5 Å². The van der Waals surface area contributed by atoms with E-state index in [1.54, 1.807) is 23.8 Å². The standard InChI is InChI=1S/C28H34ClN5O4/c1-3-22(35)17-38-25-12-20-11-21(6-7-24(20)34(27(25)36)10-8-19-15-37-16-19)31-26-23(29)13-30-28(32-26)33-9-4-5-18(2)14-33/h6-7,11-13,18-19H,3-5,8-10,14-17H2,1-2H3,(H,30,31,32). The van der Waals surface area contributed by atoms with Crippen molar-refractivity contribution < 1.29 is 14.3 Å². The molecule has 4 heterocycles. The van der Waals surface area contributed by atoms with Crippen molar-refractivity contribution in [2.45, 2.75) is 46.1 Å². The predicted molar refractivity (Wildman–Crippen MR) is 149 cm³/mol. The minimum absolute atomic E-state index is 0.0598. The van der Waals surface area contributed by atoms with Crippen LogP contribution in [-0.4, -0.2) is 53.2 Å². The second kappa shape index (κ2) is 11.7. The van der Waals surface area contributed by atoms with E-state index in [9.17, 15) is 9.59 Å². The number of ether oxygens (including phenoxy) is 2. The molecule has 0 saturated carbocycles. The van der Waals surface area contributed by atoms with Crippen LogP contribution in [-0.2, 0) is 16.1 Å². The molecule has 1 atom stereocenters. The van der Waals surface area contributed by atoms with Crippen molar-refractivity contribution in [3.8, 4) is 5.75 Å². The lowest BCUT2D eigenvalue weighted by Gasteiger charge is -2.31. The lowest BCUT2D eigenvalue weighted by molar-refractivity contribution is -0.120. The molecule has 2 aromatic heterocycles. The molecule has 3 aromatic rings. The molecule has 2 fully saturated rings. The molecule has 0 radical (unpaired) electrons. The first-order valence-electron chi connectivity index (χ1n) is 13.4. The number of fused-ring (bicyclic) bond motifs is 1. The van der Waals surface area contributed by atoms with Crippen molar-refractivity contribution in [1.29, 1.82) is 0 Å². The van der Waals surface area contributed by atoms with Crippen LogP contribution in [0.5, 0.6) is 5.75 Å². The van der Waals surface area contributed by atoms with Gasteiger partial charge in [-0.15, -0.1) is 0 Å². The maximum atomic E-state index is 13.3. The van der Waals surface area contributed by atoms with Gasteiger partial charge in [-0.05, 0) is 49.4 Å². The zero-order valence-electron chi connectivity index (χ0n) is 21.9. The average Bonchev–Trinajstić information content (AvgIpc) is 2.89. The largest absolute Gasteiger partial charge is 0.480 e. The number of carbonyl (C=O) groups is 1. The molecule has 2 aliphatic rings. The van der Waals surface area contributed by atoms with Crippen molar-refractivity contribution >= 4 is 45.7 Å². The van der Waals surface area contributed by atoms with Crippen LogP contribution in [0.15, 0.2) is 35.3 Å². The van der Waals surface area contributed by atoms with Crippen LogP contribution < -0.4 is 20.5 Å². The van der Waals surface area contributed by atoms with E-state index in [1.165, 1.54) is 6.42 Å². The second-order valence-corrected chi connectivity index (χ2v) is 10.7. The van der Waals surface area contributed by atoms with Gasteiger partial charge in [-0.1, -0.05) is 25.4 Å². The number of anilines is 3. The van der Waals surface area contributed by atoms with Crippen LogP contribution in [0.3, 0.4) is 0 Å². The molecule has 2 saturated heterocycles. The fourth-order valence-corrected chi connectivity index (χ4v) is 5.03. The van der Waals surface area contributed by atoms with E-state index in [-0.39, 0.29) is 23.7 Å². The first-order valence-corrected chi connectivity index (χ1v) is 13.7. The van der Waals surface area contributed by atoms with E-state index in [0.29, 0.717) is 41.6 Å². The lowest BCUT2D eigenvalue weighted by atomic mass is 10.0. The lowest BCUT2D eigenvalue weighted by Crippen LogP contribution is -2.35. The zero-order valence-corrected chi connectivity index (χ0v) is 22.7. The molecule has 2 aliphatic heterocycles. The monoisotopic (exact) mass is 539 g/mol. The number of piperidine rings is 1. The molecule has 10 heteroatoms. The van der Waals surface area contributed by atoms with Crippen molar-refractivity contribution in [3.05, 3.63) is 45.8 Å². The number of benzene rings is 1. The van der Waals surface area contributed by atoms with E-state index in [1.807, 2.05) is 18.2 Å². The number of pyridine rings is 1. The third kappa shape index (κ3) is 5.94. The number of halogens is 1. The Hall–Kier alpha value is -3.17. The highest BCUT2D eigenvalue weighted by molar-refractivity contribution is 6.32. The molecule has 0 amide bonds. The SMILES string of the molecule is CCC(=O)COc1cc2cc(Nc3nc(N4CCCC(C)C4)ncc3Cl)ccc2n(CCC2COC2)c1=O. The Morgan fingerprint density at radius 3 is 2.87 bits per heavy atom. The van der Waals surface area contributed by atoms with E-state index in [0.717, 1.165) is 55.7 Å². The number of nitrogens with one attached hydrogen (secondary N) is 1. The molecule has 0 aliphatic carbocycles. The van der Waals surface area contributed by atoms with Gasteiger partial charge in [-0.2, -0.15) is 4.98 Å². The predicted octanol–water partition coefficient (Wildman–Crippen LogP) is 4.82. The smallest absolute Gasteiger partial charge is 0.293 e.